The summed E-state index contributed by atoms with van der Waals surface area (Å²) in [4.78, 5) is 24.3. The summed E-state index contributed by atoms with van der Waals surface area (Å²) in [7, 11) is 0. The molecular formula is C17H25NO3. The summed E-state index contributed by atoms with van der Waals surface area (Å²) >= 11 is 0. The molecule has 4 nitrogen and oxygen atoms in total. The summed E-state index contributed by atoms with van der Waals surface area (Å²) in [5, 5.41) is 2.82. The van der Waals surface area contributed by atoms with Gasteiger partial charge in [0, 0.05) is 6.54 Å². The van der Waals surface area contributed by atoms with Crippen LogP contribution in [0.5, 0.6) is 0 Å². The van der Waals surface area contributed by atoms with Crippen LogP contribution in [-0.2, 0) is 20.9 Å². The number of carbonyl (C=O) groups excluding carboxylic acids is 2. The summed E-state index contributed by atoms with van der Waals surface area (Å²) in [5.74, 6) is -1.56. The van der Waals surface area contributed by atoms with Crippen LogP contribution in [0.25, 0.3) is 0 Å². The van der Waals surface area contributed by atoms with Crippen molar-refractivity contribution < 1.29 is 14.3 Å². The number of hydrogen-bond acceptors (Lipinski definition) is 3. The van der Waals surface area contributed by atoms with Crippen LogP contribution in [0.2, 0.25) is 0 Å². The minimum absolute atomic E-state index is 0.274. The van der Waals surface area contributed by atoms with Gasteiger partial charge in [-0.2, -0.15) is 0 Å². The number of rotatable bonds is 5. The molecule has 116 valence electrons. The van der Waals surface area contributed by atoms with E-state index in [9.17, 15) is 9.59 Å². The van der Waals surface area contributed by atoms with E-state index in [1.54, 1.807) is 6.92 Å². The number of esters is 1. The van der Waals surface area contributed by atoms with Crippen LogP contribution in [0.3, 0.4) is 0 Å². The van der Waals surface area contributed by atoms with E-state index in [4.69, 9.17) is 4.74 Å². The van der Waals surface area contributed by atoms with Crippen LogP contribution in [0.1, 0.15) is 38.8 Å². The predicted octanol–water partition coefficient (Wildman–Crippen LogP) is 2.84. The van der Waals surface area contributed by atoms with Gasteiger partial charge in [-0.05, 0) is 24.8 Å². The molecule has 1 rings (SSSR count). The average molecular weight is 291 g/mol. The van der Waals surface area contributed by atoms with Gasteiger partial charge in [0.2, 0.25) is 5.91 Å². The number of benzene rings is 1. The molecule has 1 atom stereocenters. The van der Waals surface area contributed by atoms with Crippen LogP contribution < -0.4 is 5.32 Å². The van der Waals surface area contributed by atoms with E-state index in [2.05, 4.69) is 5.32 Å². The highest BCUT2D eigenvalue weighted by Gasteiger charge is 2.38. The van der Waals surface area contributed by atoms with E-state index in [1.165, 1.54) is 5.56 Å². The maximum Gasteiger partial charge on any atom is 0.319 e. The van der Waals surface area contributed by atoms with Gasteiger partial charge in [0.15, 0.2) is 0 Å². The topological polar surface area (TPSA) is 55.4 Å². The second kappa shape index (κ2) is 7.25. The van der Waals surface area contributed by atoms with Gasteiger partial charge in [-0.1, -0.05) is 50.6 Å². The molecule has 1 N–H and O–H groups in total. The number of ether oxygens (including phenoxy) is 1. The molecule has 0 fully saturated rings. The van der Waals surface area contributed by atoms with Crippen LogP contribution in [0, 0.1) is 18.3 Å². The molecule has 0 aromatic heterocycles. The second-order valence-corrected chi connectivity index (χ2v) is 6.25. The van der Waals surface area contributed by atoms with Crippen LogP contribution in [0.15, 0.2) is 24.3 Å². The van der Waals surface area contributed by atoms with Crippen molar-refractivity contribution in [3.63, 3.8) is 0 Å². The predicted molar refractivity (Wildman–Crippen MR) is 82.6 cm³/mol. The van der Waals surface area contributed by atoms with Gasteiger partial charge in [-0.3, -0.25) is 9.59 Å². The lowest BCUT2D eigenvalue weighted by Gasteiger charge is -2.27. The molecule has 0 aliphatic heterocycles. The number of aryl methyl sites for hydroxylation is 1. The maximum atomic E-state index is 12.3. The third kappa shape index (κ3) is 5.21. The first-order chi connectivity index (χ1) is 9.75. The molecule has 1 unspecified atom stereocenters. The molecule has 0 saturated heterocycles. The highest BCUT2D eigenvalue weighted by Crippen LogP contribution is 2.27. The Kier molecular flexibility index (Phi) is 5.94. The second-order valence-electron chi connectivity index (χ2n) is 6.25. The van der Waals surface area contributed by atoms with Gasteiger partial charge in [0.1, 0.15) is 5.92 Å². The van der Waals surface area contributed by atoms with Crippen molar-refractivity contribution in [2.45, 2.75) is 41.2 Å². The van der Waals surface area contributed by atoms with E-state index in [0.29, 0.717) is 6.54 Å². The molecular weight excluding hydrogens is 266 g/mol. The zero-order valence-electron chi connectivity index (χ0n) is 13.5. The minimum atomic E-state index is -0.803. The van der Waals surface area contributed by atoms with Gasteiger partial charge >= 0.3 is 5.97 Å². The van der Waals surface area contributed by atoms with Gasteiger partial charge in [0.05, 0.1) is 6.61 Å². The van der Waals surface area contributed by atoms with Gasteiger partial charge in [-0.15, -0.1) is 0 Å². The summed E-state index contributed by atoms with van der Waals surface area (Å²) in [6, 6.07) is 7.92. The zero-order chi connectivity index (χ0) is 16.0. The van der Waals surface area contributed by atoms with Crippen molar-refractivity contribution in [3.8, 4) is 0 Å². The minimum Gasteiger partial charge on any atom is -0.465 e. The van der Waals surface area contributed by atoms with Gasteiger partial charge in [0.25, 0.3) is 0 Å². The average Bonchev–Trinajstić information content (AvgIpc) is 2.37. The highest BCUT2D eigenvalue weighted by molar-refractivity contribution is 5.98. The SMILES string of the molecule is CCOC(=O)C(C(=O)NCc1ccc(C)cc1)C(C)(C)C. The molecule has 1 aromatic rings. The largest absolute Gasteiger partial charge is 0.465 e. The fourth-order valence-electron chi connectivity index (χ4n) is 2.08. The van der Waals surface area contributed by atoms with Crippen LogP contribution in [-0.4, -0.2) is 18.5 Å². The fourth-order valence-corrected chi connectivity index (χ4v) is 2.08. The van der Waals surface area contributed by atoms with Gasteiger partial charge < -0.3 is 10.1 Å². The smallest absolute Gasteiger partial charge is 0.319 e. The van der Waals surface area contributed by atoms with Crippen molar-refractivity contribution >= 4 is 11.9 Å². The molecule has 0 aliphatic carbocycles. The van der Waals surface area contributed by atoms with E-state index in [1.807, 2.05) is 52.0 Å². The quantitative estimate of drug-likeness (QED) is 0.670. The van der Waals surface area contributed by atoms with E-state index in [0.717, 1.165) is 5.56 Å². The number of hydrogen-bond donors (Lipinski definition) is 1. The third-order valence-electron chi connectivity index (χ3n) is 3.24. The van der Waals surface area contributed by atoms with Crippen LogP contribution in [0.4, 0.5) is 0 Å². The normalized spacial score (nSPS) is 12.6. The van der Waals surface area contributed by atoms with E-state index >= 15 is 0 Å². The molecule has 0 spiro atoms. The molecule has 0 heterocycles. The summed E-state index contributed by atoms with van der Waals surface area (Å²) in [6.07, 6.45) is 0. The lowest BCUT2D eigenvalue weighted by molar-refractivity contribution is -0.156. The highest BCUT2D eigenvalue weighted by atomic mass is 16.5. The maximum absolute atomic E-state index is 12.3. The van der Waals surface area contributed by atoms with E-state index < -0.39 is 17.3 Å². The van der Waals surface area contributed by atoms with Crippen molar-refractivity contribution in [2.75, 3.05) is 6.61 Å². The molecule has 1 aromatic carbocycles. The first kappa shape index (κ1) is 17.2. The fraction of sp³-hybridized carbons (Fsp3) is 0.529. The summed E-state index contributed by atoms with van der Waals surface area (Å²) in [6.45, 7) is 10.0. The molecule has 21 heavy (non-hydrogen) atoms. The third-order valence-corrected chi connectivity index (χ3v) is 3.24. The van der Waals surface area contributed by atoms with Crippen molar-refractivity contribution in [1.29, 1.82) is 0 Å². The Hall–Kier alpha value is -1.84. The van der Waals surface area contributed by atoms with Crippen molar-refractivity contribution in [1.82, 2.24) is 5.32 Å². The number of amides is 1. The monoisotopic (exact) mass is 291 g/mol. The zero-order valence-corrected chi connectivity index (χ0v) is 13.5. The Morgan fingerprint density at radius 2 is 1.76 bits per heavy atom. The van der Waals surface area contributed by atoms with Gasteiger partial charge in [-0.25, -0.2) is 0 Å². The first-order valence-electron chi connectivity index (χ1n) is 7.25. The Bertz CT molecular complexity index is 486. The molecule has 0 radical (unpaired) electrons. The van der Waals surface area contributed by atoms with Crippen molar-refractivity contribution in [3.05, 3.63) is 35.4 Å². The molecule has 1 amide bonds. The molecule has 0 bridgehead atoms. The van der Waals surface area contributed by atoms with E-state index in [-0.39, 0.29) is 12.5 Å². The Labute approximate surface area is 126 Å². The molecule has 0 aliphatic rings. The standard InChI is InChI=1S/C17H25NO3/c1-6-21-16(20)14(17(3,4)5)15(19)18-11-13-9-7-12(2)8-10-13/h7-10,14H,6,11H2,1-5H3,(H,18,19). The Balaban J connectivity index is 2.73. The Morgan fingerprint density at radius 1 is 1.19 bits per heavy atom. The first-order valence-corrected chi connectivity index (χ1v) is 7.25. The summed E-state index contributed by atoms with van der Waals surface area (Å²) < 4.78 is 5.02. The van der Waals surface area contributed by atoms with Crippen LogP contribution >= 0.6 is 0 Å². The van der Waals surface area contributed by atoms with Crippen molar-refractivity contribution in [2.24, 2.45) is 11.3 Å². The lowest BCUT2D eigenvalue weighted by atomic mass is 9.80. The molecule has 0 saturated carbocycles. The molecule has 4 heteroatoms. The number of nitrogens with one attached hydrogen (secondary N) is 1. The number of carbonyl (C=O) groups is 2. The summed E-state index contributed by atoms with van der Waals surface area (Å²) in [5.41, 5.74) is 1.69. The lowest BCUT2D eigenvalue weighted by Crippen LogP contribution is -2.43. The Morgan fingerprint density at radius 3 is 2.24 bits per heavy atom.